The smallest absolute Gasteiger partial charge is 0.255 e. The minimum atomic E-state index is -0.563. The van der Waals surface area contributed by atoms with E-state index in [1.165, 1.54) is 25.1 Å². The summed E-state index contributed by atoms with van der Waals surface area (Å²) in [4.78, 5) is 23.0. The van der Waals surface area contributed by atoms with Gasteiger partial charge in [0, 0.05) is 22.6 Å². The lowest BCUT2D eigenvalue weighted by Crippen LogP contribution is -2.13. The van der Waals surface area contributed by atoms with Crippen molar-refractivity contribution >= 4 is 39.1 Å². The van der Waals surface area contributed by atoms with Crippen LogP contribution in [0.2, 0.25) is 0 Å². The minimum Gasteiger partial charge on any atom is -0.324 e. The maximum atomic E-state index is 13.5. The normalized spacial score (nSPS) is 10.0. The zero-order valence-corrected chi connectivity index (χ0v) is 12.7. The van der Waals surface area contributed by atoms with Crippen molar-refractivity contribution in [2.75, 3.05) is 10.6 Å². The Morgan fingerprint density at radius 1 is 1.05 bits per heavy atom. The van der Waals surface area contributed by atoms with Crippen LogP contribution in [0, 0.1) is 5.82 Å². The van der Waals surface area contributed by atoms with Crippen molar-refractivity contribution in [1.29, 1.82) is 0 Å². The summed E-state index contributed by atoms with van der Waals surface area (Å²) in [6, 6.07) is 10.8. The lowest BCUT2D eigenvalue weighted by molar-refractivity contribution is -0.114. The summed E-state index contributed by atoms with van der Waals surface area (Å²) in [5.41, 5.74) is 0.896. The van der Waals surface area contributed by atoms with Gasteiger partial charge in [-0.1, -0.05) is 15.9 Å². The molecule has 108 valence electrons. The number of hydrogen-bond acceptors (Lipinski definition) is 2. The first-order valence-electron chi connectivity index (χ1n) is 6.10. The zero-order chi connectivity index (χ0) is 15.4. The van der Waals surface area contributed by atoms with Gasteiger partial charge < -0.3 is 10.6 Å². The van der Waals surface area contributed by atoms with E-state index in [1.54, 1.807) is 24.3 Å². The van der Waals surface area contributed by atoms with E-state index in [0.717, 1.165) is 4.47 Å². The molecule has 0 aliphatic heterocycles. The van der Waals surface area contributed by atoms with Crippen LogP contribution in [0.15, 0.2) is 46.9 Å². The number of hydrogen-bond donors (Lipinski definition) is 2. The van der Waals surface area contributed by atoms with Crippen molar-refractivity contribution in [2.45, 2.75) is 6.92 Å². The molecule has 21 heavy (non-hydrogen) atoms. The first-order chi connectivity index (χ1) is 9.95. The van der Waals surface area contributed by atoms with Crippen molar-refractivity contribution in [1.82, 2.24) is 0 Å². The van der Waals surface area contributed by atoms with E-state index in [0.29, 0.717) is 11.3 Å². The highest BCUT2D eigenvalue weighted by Crippen LogP contribution is 2.20. The number of amides is 2. The Bertz CT molecular complexity index is 687. The van der Waals surface area contributed by atoms with Crippen LogP contribution in [0.1, 0.15) is 17.3 Å². The standard InChI is InChI=1S/C15H12BrFN2O2/c1-9(20)18-14-8-12(6-7-13(14)17)19-15(21)10-2-4-11(16)5-3-10/h2-8H,1H3,(H,18,20)(H,19,21). The summed E-state index contributed by atoms with van der Waals surface area (Å²) < 4.78 is 14.4. The fourth-order valence-electron chi connectivity index (χ4n) is 1.69. The van der Waals surface area contributed by atoms with Crippen molar-refractivity contribution in [3.05, 3.63) is 58.3 Å². The van der Waals surface area contributed by atoms with Crippen LogP contribution in [0.25, 0.3) is 0 Å². The molecule has 2 aromatic carbocycles. The third-order valence-electron chi connectivity index (χ3n) is 2.64. The molecule has 0 aliphatic rings. The molecule has 0 heterocycles. The maximum absolute atomic E-state index is 13.5. The lowest BCUT2D eigenvalue weighted by atomic mass is 10.2. The molecule has 0 atom stereocenters. The van der Waals surface area contributed by atoms with Gasteiger partial charge in [0.05, 0.1) is 5.69 Å². The van der Waals surface area contributed by atoms with Gasteiger partial charge in [0.2, 0.25) is 5.91 Å². The van der Waals surface area contributed by atoms with Gasteiger partial charge in [0.15, 0.2) is 0 Å². The van der Waals surface area contributed by atoms with Gasteiger partial charge in [-0.2, -0.15) is 0 Å². The summed E-state index contributed by atoms with van der Waals surface area (Å²) >= 11 is 3.29. The van der Waals surface area contributed by atoms with Gasteiger partial charge in [-0.05, 0) is 42.5 Å². The molecule has 2 N–H and O–H groups in total. The van der Waals surface area contributed by atoms with E-state index < -0.39 is 5.82 Å². The molecule has 4 nitrogen and oxygen atoms in total. The topological polar surface area (TPSA) is 58.2 Å². The van der Waals surface area contributed by atoms with Crippen LogP contribution in [-0.2, 0) is 4.79 Å². The fraction of sp³-hybridized carbons (Fsp3) is 0.0667. The van der Waals surface area contributed by atoms with E-state index in [2.05, 4.69) is 26.6 Å². The third-order valence-corrected chi connectivity index (χ3v) is 3.17. The Labute approximate surface area is 129 Å². The third kappa shape index (κ3) is 4.13. The second kappa shape index (κ2) is 6.49. The Morgan fingerprint density at radius 3 is 2.33 bits per heavy atom. The van der Waals surface area contributed by atoms with E-state index >= 15 is 0 Å². The number of rotatable bonds is 3. The van der Waals surface area contributed by atoms with Gasteiger partial charge in [-0.15, -0.1) is 0 Å². The molecule has 0 fully saturated rings. The van der Waals surface area contributed by atoms with Crippen LogP contribution in [0.3, 0.4) is 0 Å². The van der Waals surface area contributed by atoms with E-state index in [9.17, 15) is 14.0 Å². The van der Waals surface area contributed by atoms with Crippen LogP contribution >= 0.6 is 15.9 Å². The summed E-state index contributed by atoms with van der Waals surface area (Å²) in [6.45, 7) is 1.28. The average molecular weight is 351 g/mol. The number of carbonyl (C=O) groups excluding carboxylic acids is 2. The molecule has 0 unspecified atom stereocenters. The highest BCUT2D eigenvalue weighted by molar-refractivity contribution is 9.10. The van der Waals surface area contributed by atoms with Gasteiger partial charge in [0.1, 0.15) is 5.82 Å². The fourth-order valence-corrected chi connectivity index (χ4v) is 1.96. The Kier molecular flexibility index (Phi) is 4.70. The first-order valence-corrected chi connectivity index (χ1v) is 6.89. The Morgan fingerprint density at radius 2 is 1.71 bits per heavy atom. The number of anilines is 2. The quantitative estimate of drug-likeness (QED) is 0.884. The summed E-state index contributed by atoms with van der Waals surface area (Å²) in [6.07, 6.45) is 0. The van der Waals surface area contributed by atoms with Crippen LogP contribution in [0.5, 0.6) is 0 Å². The van der Waals surface area contributed by atoms with Gasteiger partial charge in [0.25, 0.3) is 5.91 Å². The van der Waals surface area contributed by atoms with Crippen molar-refractivity contribution < 1.29 is 14.0 Å². The van der Waals surface area contributed by atoms with Crippen molar-refractivity contribution in [2.24, 2.45) is 0 Å². The molecule has 0 bridgehead atoms. The van der Waals surface area contributed by atoms with E-state index in [4.69, 9.17) is 0 Å². The predicted octanol–water partition coefficient (Wildman–Crippen LogP) is 3.80. The largest absolute Gasteiger partial charge is 0.324 e. The molecule has 0 saturated heterocycles. The molecular weight excluding hydrogens is 339 g/mol. The van der Waals surface area contributed by atoms with Crippen molar-refractivity contribution in [3.8, 4) is 0 Å². The minimum absolute atomic E-state index is 0.0242. The van der Waals surface area contributed by atoms with Gasteiger partial charge in [-0.3, -0.25) is 9.59 Å². The highest BCUT2D eigenvalue weighted by atomic mass is 79.9. The molecule has 0 saturated carbocycles. The van der Waals surface area contributed by atoms with Crippen molar-refractivity contribution in [3.63, 3.8) is 0 Å². The van der Waals surface area contributed by atoms with Crippen LogP contribution < -0.4 is 10.6 Å². The molecule has 0 radical (unpaired) electrons. The van der Waals surface area contributed by atoms with Gasteiger partial charge in [-0.25, -0.2) is 4.39 Å². The highest BCUT2D eigenvalue weighted by Gasteiger charge is 2.09. The van der Waals surface area contributed by atoms with Gasteiger partial charge >= 0.3 is 0 Å². The Hall–Kier alpha value is -2.21. The predicted molar refractivity (Wildman–Crippen MR) is 82.8 cm³/mol. The molecule has 2 aromatic rings. The molecule has 0 aliphatic carbocycles. The molecule has 0 spiro atoms. The maximum Gasteiger partial charge on any atom is 0.255 e. The number of carbonyl (C=O) groups is 2. The second-order valence-electron chi connectivity index (χ2n) is 4.34. The summed E-state index contributed by atoms with van der Waals surface area (Å²) in [5, 5.41) is 5.01. The number of nitrogens with one attached hydrogen (secondary N) is 2. The molecule has 6 heteroatoms. The molecule has 0 aromatic heterocycles. The lowest BCUT2D eigenvalue weighted by Gasteiger charge is -2.09. The first kappa shape index (κ1) is 15.2. The summed E-state index contributed by atoms with van der Waals surface area (Å²) in [5.74, 6) is -1.26. The van der Waals surface area contributed by atoms with Crippen LogP contribution in [-0.4, -0.2) is 11.8 Å². The number of benzene rings is 2. The van der Waals surface area contributed by atoms with E-state index in [-0.39, 0.29) is 17.5 Å². The SMILES string of the molecule is CC(=O)Nc1cc(NC(=O)c2ccc(Br)cc2)ccc1F. The monoisotopic (exact) mass is 350 g/mol. The Balaban J connectivity index is 2.17. The molecule has 2 rings (SSSR count). The zero-order valence-electron chi connectivity index (χ0n) is 11.1. The number of halogens is 2. The van der Waals surface area contributed by atoms with Crippen LogP contribution in [0.4, 0.5) is 15.8 Å². The van der Waals surface area contributed by atoms with E-state index in [1.807, 2.05) is 0 Å². The second-order valence-corrected chi connectivity index (χ2v) is 5.25. The summed E-state index contributed by atoms with van der Waals surface area (Å²) in [7, 11) is 0. The average Bonchev–Trinajstić information content (AvgIpc) is 2.42. The molecular formula is C15H12BrFN2O2. The molecule has 2 amide bonds.